The Balaban J connectivity index is 1.48. The van der Waals surface area contributed by atoms with Crippen LogP contribution in [-0.2, 0) is 0 Å². The first-order valence-corrected chi connectivity index (χ1v) is 12.7. The molecule has 2 amide bonds. The van der Waals surface area contributed by atoms with Gasteiger partial charge in [-0.3, -0.25) is 9.59 Å². The molecule has 5 rings (SSSR count). The van der Waals surface area contributed by atoms with Crippen LogP contribution in [0.1, 0.15) is 33.6 Å². The molecule has 2 aliphatic rings. The van der Waals surface area contributed by atoms with Crippen LogP contribution in [0, 0.1) is 0 Å². The highest BCUT2D eigenvalue weighted by Crippen LogP contribution is 2.32. The number of nitrogens with one attached hydrogen (secondary N) is 1. The van der Waals surface area contributed by atoms with Gasteiger partial charge < -0.3 is 43.8 Å². The first-order valence-electron chi connectivity index (χ1n) is 12.7. The average molecular weight is 519 g/mol. The van der Waals surface area contributed by atoms with Gasteiger partial charge in [-0.15, -0.1) is 0 Å². The maximum Gasteiger partial charge on any atom is 0.255 e. The van der Waals surface area contributed by atoms with Crippen molar-refractivity contribution in [1.29, 1.82) is 0 Å². The summed E-state index contributed by atoms with van der Waals surface area (Å²) in [5, 5.41) is 2.88. The summed E-state index contributed by atoms with van der Waals surface area (Å²) in [5.41, 5.74) is 33.0. The second-order valence-electron chi connectivity index (χ2n) is 10.3. The number of primary amides is 1. The first-order chi connectivity index (χ1) is 18.2. The van der Waals surface area contributed by atoms with Crippen molar-refractivity contribution in [3.8, 4) is 0 Å². The van der Waals surface area contributed by atoms with E-state index in [-0.39, 0.29) is 30.1 Å². The highest BCUT2D eigenvalue weighted by Gasteiger charge is 2.31. The number of rotatable bonds is 5. The number of aromatic nitrogens is 2. The SMILES string of the molecule is NC(=O)c1ccc(C(=O)Nc2ccc3nc(N4C[C@H](N)C[C@H](N)C4)c(N4C[C@H](N)C[C@H](N)C4)nc3c2)cc1. The Bertz CT molecular complexity index is 1330. The number of fused-ring (bicyclic) bond motifs is 1. The second-order valence-corrected chi connectivity index (χ2v) is 10.3. The smallest absolute Gasteiger partial charge is 0.255 e. The Morgan fingerprint density at radius 3 is 1.68 bits per heavy atom. The predicted molar refractivity (Wildman–Crippen MR) is 148 cm³/mol. The Morgan fingerprint density at radius 2 is 1.18 bits per heavy atom. The van der Waals surface area contributed by atoms with Crippen LogP contribution in [0.2, 0.25) is 0 Å². The fraction of sp³-hybridized carbons (Fsp3) is 0.385. The second kappa shape index (κ2) is 10.5. The maximum absolute atomic E-state index is 12.8. The van der Waals surface area contributed by atoms with E-state index in [1.807, 2.05) is 6.07 Å². The van der Waals surface area contributed by atoms with Crippen molar-refractivity contribution in [1.82, 2.24) is 9.97 Å². The molecule has 1 aromatic heterocycles. The lowest BCUT2D eigenvalue weighted by atomic mass is 10.0. The van der Waals surface area contributed by atoms with Crippen molar-refractivity contribution >= 4 is 40.2 Å². The zero-order valence-electron chi connectivity index (χ0n) is 21.1. The lowest BCUT2D eigenvalue weighted by molar-refractivity contribution is 0.0995. The van der Waals surface area contributed by atoms with E-state index in [1.54, 1.807) is 24.3 Å². The zero-order chi connectivity index (χ0) is 27.0. The van der Waals surface area contributed by atoms with E-state index in [2.05, 4.69) is 15.1 Å². The number of nitrogens with two attached hydrogens (primary N) is 5. The highest BCUT2D eigenvalue weighted by atomic mass is 16.2. The largest absolute Gasteiger partial charge is 0.366 e. The molecular formula is C26H34N10O2. The summed E-state index contributed by atoms with van der Waals surface area (Å²) in [6, 6.07) is 11.2. The molecule has 3 heterocycles. The van der Waals surface area contributed by atoms with Gasteiger partial charge in [0.05, 0.1) is 11.0 Å². The number of piperidine rings is 2. The minimum atomic E-state index is -0.552. The van der Waals surface area contributed by atoms with Crippen LogP contribution in [0.4, 0.5) is 17.3 Å². The van der Waals surface area contributed by atoms with Gasteiger partial charge in [-0.1, -0.05) is 0 Å². The topological polar surface area (TPSA) is 209 Å². The summed E-state index contributed by atoms with van der Waals surface area (Å²) >= 11 is 0. The molecule has 4 atom stereocenters. The minimum absolute atomic E-state index is 0.0652. The number of anilines is 3. The lowest BCUT2D eigenvalue weighted by Crippen LogP contribution is -2.55. The van der Waals surface area contributed by atoms with Gasteiger partial charge in [0.2, 0.25) is 5.91 Å². The number of carbonyl (C=O) groups is 2. The van der Waals surface area contributed by atoms with E-state index in [0.29, 0.717) is 65.7 Å². The molecule has 12 nitrogen and oxygen atoms in total. The summed E-state index contributed by atoms with van der Waals surface area (Å²) < 4.78 is 0. The van der Waals surface area contributed by atoms with Crippen molar-refractivity contribution in [2.45, 2.75) is 37.0 Å². The molecule has 0 radical (unpaired) electrons. The normalized spacial score (nSPS) is 23.9. The molecule has 200 valence electrons. The van der Waals surface area contributed by atoms with Gasteiger partial charge in [0.1, 0.15) is 0 Å². The Labute approximate surface area is 220 Å². The lowest BCUT2D eigenvalue weighted by Gasteiger charge is -2.40. The standard InChI is InChI=1S/C26H34N10O2/c27-16-7-17(28)11-35(10-16)24-25(36-12-18(29)8-19(30)13-36)34-22-9-20(5-6-21(22)33-24)32-26(38)15-3-1-14(2-4-15)23(31)37/h1-6,9,16-19H,7-8,10-13,27-30H2,(H2,31,37)(H,32,38)/t16-,17+,18-,19+. The van der Waals surface area contributed by atoms with Crippen molar-refractivity contribution in [3.05, 3.63) is 53.6 Å². The van der Waals surface area contributed by atoms with Gasteiger partial charge in [0.25, 0.3) is 5.91 Å². The van der Waals surface area contributed by atoms with Gasteiger partial charge >= 0.3 is 0 Å². The molecule has 3 aromatic rings. The molecular weight excluding hydrogens is 484 g/mol. The Kier molecular flexibility index (Phi) is 7.13. The average Bonchev–Trinajstić information content (AvgIpc) is 2.86. The number of hydrogen-bond donors (Lipinski definition) is 6. The van der Waals surface area contributed by atoms with Crippen LogP contribution in [0.15, 0.2) is 42.5 Å². The van der Waals surface area contributed by atoms with Gasteiger partial charge in [-0.2, -0.15) is 0 Å². The monoisotopic (exact) mass is 518 g/mol. The van der Waals surface area contributed by atoms with Crippen molar-refractivity contribution in [3.63, 3.8) is 0 Å². The number of hydrogen-bond acceptors (Lipinski definition) is 10. The fourth-order valence-corrected chi connectivity index (χ4v) is 5.23. The third-order valence-electron chi connectivity index (χ3n) is 6.95. The molecule has 2 saturated heterocycles. The van der Waals surface area contributed by atoms with Crippen molar-refractivity contribution < 1.29 is 9.59 Å². The minimum Gasteiger partial charge on any atom is -0.366 e. The molecule has 12 heteroatoms. The Hall–Kier alpha value is -3.84. The summed E-state index contributed by atoms with van der Waals surface area (Å²) in [6.07, 6.45) is 1.49. The predicted octanol–water partition coefficient (Wildman–Crippen LogP) is -0.290. The summed E-state index contributed by atoms with van der Waals surface area (Å²) in [6.45, 7) is 2.44. The number of carbonyl (C=O) groups excluding carboxylic acids is 2. The molecule has 0 unspecified atom stereocenters. The van der Waals surface area contributed by atoms with E-state index in [9.17, 15) is 9.59 Å². The van der Waals surface area contributed by atoms with Crippen LogP contribution >= 0.6 is 0 Å². The first kappa shape index (κ1) is 25.8. The fourth-order valence-electron chi connectivity index (χ4n) is 5.23. The van der Waals surface area contributed by atoms with Crippen LogP contribution in [0.5, 0.6) is 0 Å². The van der Waals surface area contributed by atoms with Crippen LogP contribution in [0.25, 0.3) is 11.0 Å². The third-order valence-corrected chi connectivity index (χ3v) is 6.95. The van der Waals surface area contributed by atoms with Gasteiger partial charge in [-0.25, -0.2) is 9.97 Å². The highest BCUT2D eigenvalue weighted by molar-refractivity contribution is 6.05. The number of benzene rings is 2. The quantitative estimate of drug-likeness (QED) is 0.260. The molecule has 2 fully saturated rings. The summed E-state index contributed by atoms with van der Waals surface area (Å²) in [4.78, 5) is 38.3. The maximum atomic E-state index is 12.8. The molecule has 0 spiro atoms. The molecule has 0 aliphatic carbocycles. The van der Waals surface area contributed by atoms with Gasteiger partial charge in [0.15, 0.2) is 11.6 Å². The summed E-state index contributed by atoms with van der Waals surface area (Å²) in [5.74, 6) is 0.504. The number of amides is 2. The van der Waals surface area contributed by atoms with Crippen LogP contribution in [0.3, 0.4) is 0 Å². The molecule has 11 N–H and O–H groups in total. The van der Waals surface area contributed by atoms with E-state index in [0.717, 1.165) is 12.8 Å². The Morgan fingerprint density at radius 1 is 0.711 bits per heavy atom. The molecule has 38 heavy (non-hydrogen) atoms. The van der Waals surface area contributed by atoms with Crippen LogP contribution in [-0.4, -0.2) is 72.1 Å². The summed E-state index contributed by atoms with van der Waals surface area (Å²) in [7, 11) is 0. The molecule has 2 aliphatic heterocycles. The van der Waals surface area contributed by atoms with E-state index < -0.39 is 5.91 Å². The third kappa shape index (κ3) is 5.53. The molecule has 0 saturated carbocycles. The van der Waals surface area contributed by atoms with E-state index >= 15 is 0 Å². The molecule has 2 aromatic carbocycles. The van der Waals surface area contributed by atoms with Gasteiger partial charge in [-0.05, 0) is 55.3 Å². The number of nitrogens with zero attached hydrogens (tertiary/aromatic N) is 4. The van der Waals surface area contributed by atoms with E-state index in [1.165, 1.54) is 12.1 Å². The van der Waals surface area contributed by atoms with Crippen LogP contribution < -0.4 is 43.8 Å². The van der Waals surface area contributed by atoms with Crippen molar-refractivity contribution in [2.75, 3.05) is 41.3 Å². The van der Waals surface area contributed by atoms with Crippen molar-refractivity contribution in [2.24, 2.45) is 28.7 Å². The van der Waals surface area contributed by atoms with E-state index in [4.69, 9.17) is 38.6 Å². The van der Waals surface area contributed by atoms with Gasteiger partial charge in [0, 0.05) is 67.2 Å². The molecule has 0 bridgehead atoms. The zero-order valence-corrected chi connectivity index (χ0v) is 21.1.